The molecule has 2 aliphatic rings. The molecule has 2 rings (SSSR count). The van der Waals surface area contributed by atoms with Crippen molar-refractivity contribution in [3.05, 3.63) is 10.6 Å². The Balaban J connectivity index is 2.15. The largest absolute Gasteiger partial charge is 0.444 e. The smallest absolute Gasteiger partial charge is 0.404 e. The lowest BCUT2D eigenvalue weighted by Gasteiger charge is -2.43. The lowest BCUT2D eigenvalue weighted by molar-refractivity contribution is -0.158. The van der Waals surface area contributed by atoms with E-state index >= 15 is 0 Å². The summed E-state index contributed by atoms with van der Waals surface area (Å²) in [5.74, 6) is -2.33. The van der Waals surface area contributed by atoms with Gasteiger partial charge in [0.25, 0.3) is 0 Å². The van der Waals surface area contributed by atoms with Crippen molar-refractivity contribution in [2.45, 2.75) is 25.3 Å². The van der Waals surface area contributed by atoms with Crippen molar-refractivity contribution in [2.24, 2.45) is 11.7 Å². The molecule has 0 aliphatic carbocycles. The van der Waals surface area contributed by atoms with Crippen molar-refractivity contribution >= 4 is 35.6 Å². The molecule has 2 aliphatic heterocycles. The number of aliphatic hydroxyl groups excluding tert-OH is 1. The van der Waals surface area contributed by atoms with Crippen molar-refractivity contribution in [2.75, 3.05) is 13.3 Å². The van der Waals surface area contributed by atoms with Gasteiger partial charge in [0.1, 0.15) is 17.7 Å². The number of rotatable bonds is 6. The number of β-lactam (4-membered cyclic amide) rings is 1. The van der Waals surface area contributed by atoms with Crippen LogP contribution in [0.25, 0.3) is 0 Å². The highest BCUT2D eigenvalue weighted by atomic mass is 32.2. The van der Waals surface area contributed by atoms with E-state index in [1.807, 2.05) is 0 Å². The molecule has 10 nitrogen and oxygen atoms in total. The predicted molar refractivity (Wildman–Crippen MR) is 80.7 cm³/mol. The summed E-state index contributed by atoms with van der Waals surface area (Å²) < 4.78 is 9.59. The van der Waals surface area contributed by atoms with Crippen LogP contribution < -0.4 is 11.1 Å². The maximum absolute atomic E-state index is 12.2. The number of thioether (sulfide) groups is 1. The molecule has 0 radical (unpaired) electrons. The summed E-state index contributed by atoms with van der Waals surface area (Å²) in [6, 6.07) is 0. The van der Waals surface area contributed by atoms with Gasteiger partial charge >= 0.3 is 12.1 Å². The van der Waals surface area contributed by atoms with Gasteiger partial charge in [-0.05, 0) is 6.92 Å². The van der Waals surface area contributed by atoms with Crippen LogP contribution in [0.3, 0.4) is 0 Å². The first kappa shape index (κ1) is 18.1. The number of hydrogen-bond donors (Lipinski definition) is 3. The van der Waals surface area contributed by atoms with E-state index in [9.17, 15) is 24.3 Å². The third kappa shape index (κ3) is 3.46. The molecule has 1 saturated heterocycles. The Hall–Kier alpha value is -2.27. The maximum Gasteiger partial charge on any atom is 0.404 e. The van der Waals surface area contributed by atoms with Crippen molar-refractivity contribution < 1.29 is 33.8 Å². The van der Waals surface area contributed by atoms with Crippen LogP contribution in [0.2, 0.25) is 0 Å². The molecule has 4 N–H and O–H groups in total. The van der Waals surface area contributed by atoms with Gasteiger partial charge in [-0.2, -0.15) is 0 Å². The van der Waals surface area contributed by atoms with E-state index in [2.05, 4.69) is 10.1 Å². The van der Waals surface area contributed by atoms with E-state index < -0.39 is 35.4 Å². The van der Waals surface area contributed by atoms with Crippen LogP contribution in [-0.4, -0.2) is 58.7 Å². The van der Waals surface area contributed by atoms with Crippen LogP contribution >= 0.6 is 11.8 Å². The van der Waals surface area contributed by atoms with Crippen LogP contribution in [0.15, 0.2) is 10.6 Å². The number of primary amides is 1. The van der Waals surface area contributed by atoms with Gasteiger partial charge in [-0.15, -0.1) is 0 Å². The zero-order valence-electron chi connectivity index (χ0n) is 13.0. The van der Waals surface area contributed by atoms with Gasteiger partial charge in [0.15, 0.2) is 6.73 Å². The molecule has 0 bridgehead atoms. The molecule has 0 saturated carbocycles. The normalized spacial score (nSPS) is 23.3. The summed E-state index contributed by atoms with van der Waals surface area (Å²) in [6.45, 7) is 2.08. The molecule has 11 heteroatoms. The minimum atomic E-state index is -1.03. The molecule has 3 amide bonds. The third-order valence-corrected chi connectivity index (χ3v) is 4.78. The summed E-state index contributed by atoms with van der Waals surface area (Å²) >= 11 is 1.12. The molecule has 0 aromatic carbocycles. The Morgan fingerprint density at radius 3 is 2.62 bits per heavy atom. The minimum Gasteiger partial charge on any atom is -0.444 e. The number of ether oxygens (including phenoxy) is 2. The number of hydrogen-bond acceptors (Lipinski definition) is 8. The SMILES string of the molecule is CC(=O)NCOC(=O)C1=C(COC(N)=O)S[C@@H]2[C@@H]([C@@H](C)O)C(=O)N12. The first-order valence-electron chi connectivity index (χ1n) is 6.98. The van der Waals surface area contributed by atoms with Gasteiger partial charge in [-0.1, -0.05) is 11.8 Å². The monoisotopic (exact) mass is 359 g/mol. The zero-order valence-corrected chi connectivity index (χ0v) is 13.8. The van der Waals surface area contributed by atoms with Crippen LogP contribution in [0.4, 0.5) is 4.79 Å². The Labute approximate surface area is 141 Å². The fraction of sp³-hybridized carbons (Fsp3) is 0.538. The lowest BCUT2D eigenvalue weighted by Crippen LogP contribution is -2.60. The number of carbonyl (C=O) groups excluding carboxylic acids is 4. The highest BCUT2D eigenvalue weighted by Gasteiger charge is 2.57. The summed E-state index contributed by atoms with van der Waals surface area (Å²) in [7, 11) is 0. The average molecular weight is 359 g/mol. The van der Waals surface area contributed by atoms with Gasteiger partial charge in [-0.3, -0.25) is 14.5 Å². The molecule has 0 unspecified atom stereocenters. The summed E-state index contributed by atoms with van der Waals surface area (Å²) in [5.41, 5.74) is 4.85. The quantitative estimate of drug-likeness (QED) is 0.306. The molecule has 0 aromatic rings. The van der Waals surface area contributed by atoms with Crippen molar-refractivity contribution in [3.8, 4) is 0 Å². The Kier molecular flexibility index (Phi) is 5.34. The molecule has 0 spiro atoms. The number of carbonyl (C=O) groups is 4. The topological polar surface area (TPSA) is 148 Å². The molecule has 132 valence electrons. The van der Waals surface area contributed by atoms with Gasteiger partial charge in [0.05, 0.1) is 16.9 Å². The van der Waals surface area contributed by atoms with Gasteiger partial charge in [0.2, 0.25) is 11.8 Å². The number of nitrogens with one attached hydrogen (secondary N) is 1. The average Bonchev–Trinajstić information content (AvgIpc) is 2.78. The Morgan fingerprint density at radius 1 is 1.42 bits per heavy atom. The standard InChI is InChI=1S/C13H17N3O7S/c1-5(17)8-10(19)16-9(12(20)23-4-15-6(2)18)7(24-11(8)16)3-22-13(14)21/h5,8,11,17H,3-4H2,1-2H3,(H2,14,21)(H,15,18)/t5-,8+,11-/m1/s1. The predicted octanol–water partition coefficient (Wildman–Crippen LogP) is -1.16. The van der Waals surface area contributed by atoms with E-state index in [0.29, 0.717) is 4.91 Å². The fourth-order valence-electron chi connectivity index (χ4n) is 2.35. The van der Waals surface area contributed by atoms with Crippen LogP contribution in [0, 0.1) is 5.92 Å². The Morgan fingerprint density at radius 2 is 2.08 bits per heavy atom. The number of fused-ring (bicyclic) bond motifs is 1. The van der Waals surface area contributed by atoms with E-state index in [-0.39, 0.29) is 24.9 Å². The van der Waals surface area contributed by atoms with Gasteiger partial charge in [-0.25, -0.2) is 9.59 Å². The molecule has 3 atom stereocenters. The molecular formula is C13H17N3O7S. The molecule has 1 fully saturated rings. The Bertz CT molecular complexity index is 619. The highest BCUT2D eigenvalue weighted by molar-refractivity contribution is 8.04. The second-order valence-electron chi connectivity index (χ2n) is 5.17. The van der Waals surface area contributed by atoms with Crippen molar-refractivity contribution in [1.29, 1.82) is 0 Å². The number of esters is 1. The van der Waals surface area contributed by atoms with E-state index in [1.54, 1.807) is 0 Å². The van der Waals surface area contributed by atoms with Crippen molar-refractivity contribution in [1.82, 2.24) is 10.2 Å². The highest BCUT2D eigenvalue weighted by Crippen LogP contribution is 2.50. The first-order valence-corrected chi connectivity index (χ1v) is 7.86. The molecule has 0 aromatic heterocycles. The van der Waals surface area contributed by atoms with Gasteiger partial charge < -0.3 is 25.6 Å². The fourth-order valence-corrected chi connectivity index (χ4v) is 3.87. The zero-order chi connectivity index (χ0) is 18.0. The second kappa shape index (κ2) is 7.09. The van der Waals surface area contributed by atoms with Gasteiger partial charge in [0, 0.05) is 6.92 Å². The van der Waals surface area contributed by atoms with Crippen molar-refractivity contribution in [3.63, 3.8) is 0 Å². The minimum absolute atomic E-state index is 0.0708. The lowest BCUT2D eigenvalue weighted by atomic mass is 9.92. The number of amides is 3. The summed E-state index contributed by atoms with van der Waals surface area (Å²) in [4.78, 5) is 47.5. The van der Waals surface area contributed by atoms with E-state index in [1.165, 1.54) is 18.7 Å². The van der Waals surface area contributed by atoms with Crippen LogP contribution in [0.5, 0.6) is 0 Å². The van der Waals surface area contributed by atoms with Crippen LogP contribution in [0.1, 0.15) is 13.8 Å². The molecule has 2 heterocycles. The van der Waals surface area contributed by atoms with E-state index in [0.717, 1.165) is 11.8 Å². The maximum atomic E-state index is 12.2. The third-order valence-electron chi connectivity index (χ3n) is 3.44. The number of nitrogens with zero attached hydrogens (tertiary/aromatic N) is 1. The van der Waals surface area contributed by atoms with Crippen LogP contribution in [-0.2, 0) is 23.9 Å². The number of nitrogens with two attached hydrogens (primary N) is 1. The summed E-state index contributed by atoms with van der Waals surface area (Å²) in [5, 5.41) is 11.5. The second-order valence-corrected chi connectivity index (χ2v) is 6.38. The molecular weight excluding hydrogens is 342 g/mol. The number of aliphatic hydroxyl groups is 1. The first-order chi connectivity index (χ1) is 11.2. The summed E-state index contributed by atoms with van der Waals surface area (Å²) in [6.07, 6.45) is -1.92. The van der Waals surface area contributed by atoms with E-state index in [4.69, 9.17) is 10.5 Å². The molecule has 24 heavy (non-hydrogen) atoms.